The predicted octanol–water partition coefficient (Wildman–Crippen LogP) is -0.548. The van der Waals surface area contributed by atoms with Crippen molar-refractivity contribution < 1.29 is 190 Å². The van der Waals surface area contributed by atoms with E-state index in [1.807, 2.05) is 0 Å². The van der Waals surface area contributed by atoms with Crippen molar-refractivity contribution in [3.05, 3.63) is 0 Å². The fraction of sp³-hybridized carbons (Fsp3) is 0.836. The van der Waals surface area contributed by atoms with Gasteiger partial charge in [-0.25, -0.2) is 61.6 Å². The first kappa shape index (κ1) is 110. The minimum atomic E-state index is -4.80. The van der Waals surface area contributed by atoms with Crippen molar-refractivity contribution in [3.8, 4) is 0 Å². The highest BCUT2D eigenvalue weighted by molar-refractivity contribution is 7.82. The first-order chi connectivity index (χ1) is 65.6. The second-order valence-corrected chi connectivity index (χ2v) is 43.2. The summed E-state index contributed by atoms with van der Waals surface area (Å²) in [5, 5.41) is 3.64. The number of hydrogen-bond donors (Lipinski definition) is 13. The molecule has 0 aromatic heterocycles. The number of urea groups is 6. The normalized spacial score (nSPS) is 28.8. The SMILES string of the molecule is CC(C)(C)ONC(=O)[C@@H]1CC[C@@H]2CN1C(=O)N2OS(=O)(=O)O.NC1CCC(ONC(=O)[C@@H]2CC[C@@H]3CN2C(=O)N3OS(=O)(=O)O)C1.O=C(NOC1CCC1)[C@@H]1CC[C@@H]2CN1C(=O)N2OS(=O)(=O)O.O=C(NOC1CCCC1)[C@@H]1CC[C@@H]2CN1C(=O)N2OS(=O)(=O)O.O=C(NOC1CCCCC1)[C@@H]1CC[C@@H]2CN1C(=O)N2OS(=O)(=O)O.O=C(NOC1CCCCCC1)[C@@H]1CC[C@@H]2CN1C(=O)N2OS(=O)(=O)O. The van der Waals surface area contributed by atoms with E-state index in [1.54, 1.807) is 20.8 Å². The zero-order valence-corrected chi connectivity index (χ0v) is 81.1. The van der Waals surface area contributed by atoms with Gasteiger partial charge in [-0.1, -0.05) is 57.8 Å². The van der Waals surface area contributed by atoms with Gasteiger partial charge in [0, 0.05) is 45.3 Å². The molecule has 14 atom stereocenters. The van der Waals surface area contributed by atoms with Crippen molar-refractivity contribution in [1.29, 1.82) is 0 Å². The van der Waals surface area contributed by atoms with Gasteiger partial charge in [-0.2, -0.15) is 80.9 Å². The van der Waals surface area contributed by atoms with Gasteiger partial charge < -0.3 is 35.1 Å². The van der Waals surface area contributed by atoms with Crippen LogP contribution in [0.1, 0.15) is 233 Å². The van der Waals surface area contributed by atoms with Crippen LogP contribution < -0.4 is 38.6 Å². The average Bonchev–Trinajstić information content (AvgIpc) is 1.65. The molecule has 17 rings (SSSR count). The van der Waals surface area contributed by atoms with Gasteiger partial charge in [-0.3, -0.25) is 85.1 Å². The highest BCUT2D eigenvalue weighted by Gasteiger charge is 2.57. The largest absolute Gasteiger partial charge is 0.418 e. The van der Waals surface area contributed by atoms with Gasteiger partial charge in [0.15, 0.2) is 0 Å². The van der Waals surface area contributed by atoms with Crippen molar-refractivity contribution in [1.82, 2.24) is 92.7 Å². The molecule has 0 radical (unpaired) electrons. The molecule has 18 amide bonds. The van der Waals surface area contributed by atoms with E-state index >= 15 is 0 Å². The quantitative estimate of drug-likeness (QED) is 0.0254. The maximum atomic E-state index is 12.4. The molecule has 0 aromatic rings. The minimum Gasteiger partial charge on any atom is -0.328 e. The average molecular weight is 2130 g/mol. The molecule has 140 heavy (non-hydrogen) atoms. The van der Waals surface area contributed by atoms with Crippen LogP contribution in [0, 0.1) is 0 Å². The van der Waals surface area contributed by atoms with Gasteiger partial charge in [0.25, 0.3) is 35.4 Å². The van der Waals surface area contributed by atoms with E-state index in [4.69, 9.17) is 62.1 Å². The molecule has 5 saturated carbocycles. The number of carbonyl (C=O) groups is 12. The molecule has 67 heteroatoms. The Morgan fingerprint density at radius 1 is 0.264 bits per heavy atom. The number of nitrogens with two attached hydrogens (primary N) is 1. The molecule has 5 aliphatic carbocycles. The summed E-state index contributed by atoms with van der Waals surface area (Å²) < 4.78 is 208. The molecule has 12 heterocycles. The van der Waals surface area contributed by atoms with E-state index in [1.165, 1.54) is 48.7 Å². The fourth-order valence-corrected chi connectivity index (χ4v) is 21.4. The highest BCUT2D eigenvalue weighted by atomic mass is 32.3. The molecule has 2 unspecified atom stereocenters. The second-order valence-electron chi connectivity index (χ2n) is 37.2. The number of fused-ring (bicyclic) bond motifs is 12. The summed E-state index contributed by atoms with van der Waals surface area (Å²) in [5.74, 6) is -2.69. The van der Waals surface area contributed by atoms with Crippen LogP contribution in [0.3, 0.4) is 0 Å². The first-order valence-corrected chi connectivity index (χ1v) is 53.9. The van der Waals surface area contributed by atoms with Crippen molar-refractivity contribution >= 4 is 134 Å². The van der Waals surface area contributed by atoms with E-state index in [0.29, 0.717) is 114 Å². The van der Waals surface area contributed by atoms with Crippen molar-refractivity contribution in [2.45, 2.75) is 347 Å². The summed E-state index contributed by atoms with van der Waals surface area (Å²) in [5.41, 5.74) is 19.5. The number of nitrogens with one attached hydrogen (secondary N) is 6. The summed E-state index contributed by atoms with van der Waals surface area (Å²) >= 11 is 0. The Morgan fingerprint density at radius 3 is 0.629 bits per heavy atom. The number of carbonyl (C=O) groups excluding carboxylic acids is 12. The van der Waals surface area contributed by atoms with Gasteiger partial charge in [0.05, 0.1) is 72.4 Å². The van der Waals surface area contributed by atoms with Gasteiger partial charge in [0.2, 0.25) is 0 Å². The molecule has 0 aromatic carbocycles. The van der Waals surface area contributed by atoms with E-state index in [0.717, 1.165) is 109 Å². The Bertz CT molecular complexity index is 5120. The molecule has 794 valence electrons. The van der Waals surface area contributed by atoms with E-state index in [-0.39, 0.29) is 75.8 Å². The zero-order chi connectivity index (χ0) is 102. The lowest BCUT2D eigenvalue weighted by molar-refractivity contribution is -0.150. The summed E-state index contributed by atoms with van der Waals surface area (Å²) in [6.07, 6.45) is 24.6. The summed E-state index contributed by atoms with van der Waals surface area (Å²) in [6, 6.07) is -12.1. The molecule has 17 aliphatic rings. The van der Waals surface area contributed by atoms with Crippen LogP contribution in [0.15, 0.2) is 0 Å². The molecule has 61 nitrogen and oxygen atoms in total. The highest BCUT2D eigenvalue weighted by Crippen LogP contribution is 2.39. The number of rotatable bonds is 29. The Labute approximate surface area is 804 Å². The topological polar surface area (TPSA) is 779 Å². The number of hydroxylamine groups is 18. The van der Waals surface area contributed by atoms with Crippen LogP contribution >= 0.6 is 0 Å². The molecule has 12 saturated heterocycles. The lowest BCUT2D eigenvalue weighted by atomic mass is 9.97. The fourth-order valence-electron chi connectivity index (χ4n) is 19.1. The Kier molecular flexibility index (Phi) is 36.7. The van der Waals surface area contributed by atoms with E-state index < -0.39 is 212 Å². The molecule has 0 spiro atoms. The number of nitrogens with zero attached hydrogens (tertiary/aromatic N) is 12. The van der Waals surface area contributed by atoms with Crippen molar-refractivity contribution in [2.75, 3.05) is 39.3 Å². The van der Waals surface area contributed by atoms with Crippen LogP contribution in [0.4, 0.5) is 28.8 Å². The maximum Gasteiger partial charge on any atom is 0.418 e. The smallest absolute Gasteiger partial charge is 0.328 e. The van der Waals surface area contributed by atoms with E-state index in [9.17, 15) is 108 Å². The molecular formula is C73H119N19O42S6. The van der Waals surface area contributed by atoms with Crippen LogP contribution in [0.5, 0.6) is 0 Å². The first-order valence-electron chi connectivity index (χ1n) is 45.7. The molecular weight excluding hydrogens is 2010 g/mol. The number of hydrogen-bond acceptors (Lipinski definition) is 37. The minimum absolute atomic E-state index is 0.00364. The summed E-state index contributed by atoms with van der Waals surface area (Å²) in [4.78, 5) is 186. The van der Waals surface area contributed by atoms with Crippen molar-refractivity contribution in [3.63, 3.8) is 0 Å². The zero-order valence-electron chi connectivity index (χ0n) is 76.2. The lowest BCUT2D eigenvalue weighted by Gasteiger charge is -2.30. The Hall–Kier alpha value is -8.62. The van der Waals surface area contributed by atoms with Crippen LogP contribution in [-0.4, -0.2) is 363 Å². The molecule has 12 bridgehead atoms. The Morgan fingerprint density at radius 2 is 0.450 bits per heavy atom. The van der Waals surface area contributed by atoms with Crippen molar-refractivity contribution in [2.24, 2.45) is 5.73 Å². The van der Waals surface area contributed by atoms with Gasteiger partial charge in [-0.05, 0) is 175 Å². The summed E-state index contributed by atoms with van der Waals surface area (Å²) in [6.45, 7) is 6.20. The lowest BCUT2D eigenvalue weighted by Crippen LogP contribution is -2.51. The monoisotopic (exact) mass is 2130 g/mol. The van der Waals surface area contributed by atoms with Crippen LogP contribution in [-0.2, 0) is 146 Å². The van der Waals surface area contributed by atoms with Gasteiger partial charge in [0.1, 0.15) is 36.3 Å². The summed E-state index contributed by atoms with van der Waals surface area (Å²) in [7, 11) is -28.7. The number of piperidine rings is 6. The maximum absolute atomic E-state index is 12.4. The van der Waals surface area contributed by atoms with Gasteiger partial charge >= 0.3 is 98.6 Å². The third-order valence-electron chi connectivity index (χ3n) is 26.0. The third-order valence-corrected chi connectivity index (χ3v) is 28.1. The standard InChI is InChI=1S/C14H23N3O7S.C13H21N3O7S.C12H20N4O7S.C12H19N3O7S.C11H17N3O7S.C11H19N3O7S/c18-13(15-23-11-5-3-1-2-4-6-11)12-8-7-10-9-16(12)14(19)17(10)24-25(20,21)22;17-12(14-22-10-4-2-1-3-5-10)11-7-6-9-8-15(11)13(18)16(9)23-24(19,20)21;13-7-1-3-9(5-7)22-14-11(17)10-4-2-8-6-15(10)12(18)16(8)23-24(19,20)21;16-11(13-21-9-3-1-2-4-9)10-6-5-8-7-14(10)12(17)15(8)22-23(18,19)20;15-10(12-20-8-2-1-3-8)9-5-4-7-6-13(9)11(16)14(7)21-22(17,18)19;1-11(2,3)20-12-9(15)8-5-4-7-6-13(8)10(16)14(7)21-22(17,18)19/h10-12H,1-9H2,(H,15,18)(H,20,21,22);9-11H,1-8H2,(H,14,17)(H,19,20,21);7-10H,1-6,13H2,(H,14,17)(H,19,20,21);8-10H,1-7H2,(H,13,16)(H,18,19,20);7-9H,1-6H2,(H,12,15)(H,17,18,19);7-8H,4-6H2,1-3H3,(H,12,15)(H,17,18,19)/t10-,12+;9-,11+;7?,8-,9?,10+;8-,10+;7-,9+;7-,8+/m111111/s1. The Balaban J connectivity index is 0.000000150. The number of amides is 18. The van der Waals surface area contributed by atoms with Gasteiger partial charge in [-0.15, -0.1) is 25.7 Å². The van der Waals surface area contributed by atoms with Crippen LogP contribution in [0.2, 0.25) is 0 Å². The molecule has 17 fully saturated rings. The second kappa shape index (κ2) is 46.6. The molecule has 14 N–H and O–H groups in total. The molecule has 12 aliphatic heterocycles. The third kappa shape index (κ3) is 30.3. The van der Waals surface area contributed by atoms with E-state index in [2.05, 4.69) is 58.6 Å². The van der Waals surface area contributed by atoms with Crippen LogP contribution in [0.25, 0.3) is 0 Å². The predicted molar refractivity (Wildman–Crippen MR) is 459 cm³/mol.